The fourth-order valence-electron chi connectivity index (χ4n) is 2.40. The van der Waals surface area contributed by atoms with Gasteiger partial charge in [-0.3, -0.25) is 5.43 Å². The minimum Gasteiger partial charge on any atom is -0.497 e. The molecule has 0 aliphatic rings. The summed E-state index contributed by atoms with van der Waals surface area (Å²) in [6.45, 7) is 0. The molecule has 0 aliphatic carbocycles. The number of anilines is 1. The molecule has 0 atom stereocenters. The molecule has 9 heteroatoms. The molecule has 26 heavy (non-hydrogen) atoms. The number of hydrogen-bond donors (Lipinski definition) is 1. The first-order valence-corrected chi connectivity index (χ1v) is 7.73. The largest absolute Gasteiger partial charge is 0.497 e. The summed E-state index contributed by atoms with van der Waals surface area (Å²) in [5.74, 6) is 1.29. The first-order valence-electron chi connectivity index (χ1n) is 7.73. The fraction of sp³-hybridized carbons (Fsp3) is 0.0588. The van der Waals surface area contributed by atoms with E-state index in [1.165, 1.54) is 12.7 Å². The van der Waals surface area contributed by atoms with Crippen molar-refractivity contribution >= 4 is 23.1 Å². The Kier molecular flexibility index (Phi) is 4.17. The van der Waals surface area contributed by atoms with Crippen molar-refractivity contribution in [1.82, 2.24) is 29.7 Å². The molecule has 0 unspecified atom stereocenters. The lowest BCUT2D eigenvalue weighted by Crippen LogP contribution is -2.00. The molecule has 0 bridgehead atoms. The molecule has 3 heterocycles. The van der Waals surface area contributed by atoms with Gasteiger partial charge < -0.3 is 4.74 Å². The summed E-state index contributed by atoms with van der Waals surface area (Å²) >= 11 is 0. The van der Waals surface area contributed by atoms with Crippen LogP contribution in [0.4, 0.5) is 5.82 Å². The maximum atomic E-state index is 5.27. The van der Waals surface area contributed by atoms with E-state index in [2.05, 4.69) is 35.6 Å². The zero-order valence-corrected chi connectivity index (χ0v) is 13.8. The van der Waals surface area contributed by atoms with E-state index in [0.29, 0.717) is 17.2 Å². The summed E-state index contributed by atoms with van der Waals surface area (Å²) in [6.07, 6.45) is 7.85. The Morgan fingerprint density at radius 3 is 2.96 bits per heavy atom. The van der Waals surface area contributed by atoms with Gasteiger partial charge in [-0.1, -0.05) is 6.07 Å². The molecule has 0 saturated carbocycles. The van der Waals surface area contributed by atoms with Gasteiger partial charge in [0.05, 0.1) is 36.3 Å². The maximum Gasteiger partial charge on any atom is 0.168 e. The average Bonchev–Trinajstić information content (AvgIpc) is 3.14. The Labute approximate surface area is 148 Å². The standard InChI is InChI=1S/C17H14N8O/c1-26-14-4-2-3-13(7-14)25-17-15(9-23-25)16(20-11-21-17)24-22-8-12-5-6-18-10-19-12/h2-11H,1H3,(H,20,21,24)/b22-8+. The van der Waals surface area contributed by atoms with Crippen molar-refractivity contribution in [3.63, 3.8) is 0 Å². The lowest BCUT2D eigenvalue weighted by molar-refractivity contribution is 0.414. The monoisotopic (exact) mass is 346 g/mol. The van der Waals surface area contributed by atoms with Gasteiger partial charge in [0.15, 0.2) is 11.5 Å². The molecule has 0 spiro atoms. The molecule has 0 aliphatic heterocycles. The van der Waals surface area contributed by atoms with E-state index in [4.69, 9.17) is 4.74 Å². The van der Waals surface area contributed by atoms with Crippen LogP contribution in [0, 0.1) is 0 Å². The lowest BCUT2D eigenvalue weighted by atomic mass is 10.3. The number of benzene rings is 1. The minimum atomic E-state index is 0.550. The lowest BCUT2D eigenvalue weighted by Gasteiger charge is -2.06. The van der Waals surface area contributed by atoms with E-state index in [1.54, 1.807) is 36.5 Å². The van der Waals surface area contributed by atoms with Crippen LogP contribution in [0.1, 0.15) is 5.69 Å². The van der Waals surface area contributed by atoms with Gasteiger partial charge in [0.25, 0.3) is 0 Å². The van der Waals surface area contributed by atoms with E-state index in [-0.39, 0.29) is 0 Å². The van der Waals surface area contributed by atoms with Crippen LogP contribution in [-0.4, -0.2) is 43.0 Å². The van der Waals surface area contributed by atoms with Crippen molar-refractivity contribution in [2.45, 2.75) is 0 Å². The molecule has 0 radical (unpaired) electrons. The molecule has 1 aromatic carbocycles. The van der Waals surface area contributed by atoms with Crippen LogP contribution in [0.25, 0.3) is 16.7 Å². The van der Waals surface area contributed by atoms with Crippen molar-refractivity contribution in [1.29, 1.82) is 0 Å². The number of nitrogens with one attached hydrogen (secondary N) is 1. The molecule has 0 fully saturated rings. The molecule has 4 aromatic rings. The van der Waals surface area contributed by atoms with Gasteiger partial charge in [0.2, 0.25) is 0 Å². The molecule has 9 nitrogen and oxygen atoms in total. The first kappa shape index (κ1) is 15.6. The number of hydrazone groups is 1. The van der Waals surface area contributed by atoms with Crippen LogP contribution < -0.4 is 10.2 Å². The van der Waals surface area contributed by atoms with Gasteiger partial charge >= 0.3 is 0 Å². The summed E-state index contributed by atoms with van der Waals surface area (Å²) in [4.78, 5) is 16.5. The molecule has 1 N–H and O–H groups in total. The number of hydrogen-bond acceptors (Lipinski definition) is 8. The number of rotatable bonds is 5. The Balaban J connectivity index is 1.66. The molecule has 3 aromatic heterocycles. The van der Waals surface area contributed by atoms with Gasteiger partial charge in [-0.2, -0.15) is 10.2 Å². The highest BCUT2D eigenvalue weighted by Crippen LogP contribution is 2.23. The Morgan fingerprint density at radius 2 is 2.12 bits per heavy atom. The molecular formula is C17H14N8O. The Hall–Kier alpha value is -3.88. The molecule has 0 saturated heterocycles. The number of fused-ring (bicyclic) bond motifs is 1. The fourth-order valence-corrected chi connectivity index (χ4v) is 2.40. The van der Waals surface area contributed by atoms with Crippen molar-refractivity contribution in [2.24, 2.45) is 5.10 Å². The van der Waals surface area contributed by atoms with Gasteiger partial charge in [-0.05, 0) is 18.2 Å². The van der Waals surface area contributed by atoms with E-state index >= 15 is 0 Å². The smallest absolute Gasteiger partial charge is 0.168 e. The van der Waals surface area contributed by atoms with E-state index in [0.717, 1.165) is 16.8 Å². The predicted molar refractivity (Wildman–Crippen MR) is 96.5 cm³/mol. The molecular weight excluding hydrogens is 332 g/mol. The van der Waals surface area contributed by atoms with Crippen LogP contribution >= 0.6 is 0 Å². The zero-order chi connectivity index (χ0) is 17.8. The summed E-state index contributed by atoms with van der Waals surface area (Å²) < 4.78 is 6.99. The van der Waals surface area contributed by atoms with Gasteiger partial charge in [-0.15, -0.1) is 0 Å². The number of ether oxygens (including phenoxy) is 1. The summed E-state index contributed by atoms with van der Waals surface area (Å²) in [6, 6.07) is 9.33. The molecule has 4 rings (SSSR count). The molecule has 128 valence electrons. The van der Waals surface area contributed by atoms with Crippen LogP contribution in [0.5, 0.6) is 5.75 Å². The van der Waals surface area contributed by atoms with Crippen molar-refractivity contribution in [3.05, 3.63) is 61.1 Å². The average molecular weight is 346 g/mol. The van der Waals surface area contributed by atoms with Crippen molar-refractivity contribution < 1.29 is 4.74 Å². The normalized spacial score (nSPS) is 11.1. The van der Waals surface area contributed by atoms with Crippen LogP contribution in [0.2, 0.25) is 0 Å². The summed E-state index contributed by atoms with van der Waals surface area (Å²) in [5, 5.41) is 9.32. The second-order valence-electron chi connectivity index (χ2n) is 5.22. The van der Waals surface area contributed by atoms with Gasteiger partial charge in [-0.25, -0.2) is 24.6 Å². The van der Waals surface area contributed by atoms with E-state index < -0.39 is 0 Å². The van der Waals surface area contributed by atoms with Crippen LogP contribution in [0.3, 0.4) is 0 Å². The second-order valence-corrected chi connectivity index (χ2v) is 5.22. The van der Waals surface area contributed by atoms with E-state index in [9.17, 15) is 0 Å². The van der Waals surface area contributed by atoms with Crippen LogP contribution in [0.15, 0.2) is 60.5 Å². The Bertz CT molecular complexity index is 1060. The molecule has 0 amide bonds. The minimum absolute atomic E-state index is 0.550. The van der Waals surface area contributed by atoms with Gasteiger partial charge in [0, 0.05) is 12.3 Å². The van der Waals surface area contributed by atoms with Gasteiger partial charge in [0.1, 0.15) is 18.4 Å². The highest BCUT2D eigenvalue weighted by molar-refractivity contribution is 5.87. The summed E-state index contributed by atoms with van der Waals surface area (Å²) in [5.41, 5.74) is 5.09. The van der Waals surface area contributed by atoms with Crippen LogP contribution in [-0.2, 0) is 0 Å². The zero-order valence-electron chi connectivity index (χ0n) is 13.8. The number of aromatic nitrogens is 6. The third-order valence-electron chi connectivity index (χ3n) is 3.64. The van der Waals surface area contributed by atoms with E-state index in [1.807, 2.05) is 24.3 Å². The third-order valence-corrected chi connectivity index (χ3v) is 3.64. The third kappa shape index (κ3) is 3.05. The second kappa shape index (κ2) is 6.93. The number of nitrogens with zero attached hydrogens (tertiary/aromatic N) is 7. The SMILES string of the molecule is COc1cccc(-n2ncc3c(N/N=C/c4ccncn4)ncnc32)c1. The highest BCUT2D eigenvalue weighted by Gasteiger charge is 2.11. The van der Waals surface area contributed by atoms with Crippen molar-refractivity contribution in [2.75, 3.05) is 12.5 Å². The summed E-state index contributed by atoms with van der Waals surface area (Å²) in [7, 11) is 1.63. The Morgan fingerprint density at radius 1 is 1.15 bits per heavy atom. The maximum absolute atomic E-state index is 5.27. The topological polar surface area (TPSA) is 103 Å². The number of methoxy groups -OCH3 is 1. The highest BCUT2D eigenvalue weighted by atomic mass is 16.5. The predicted octanol–water partition coefficient (Wildman–Crippen LogP) is 2.06. The first-order chi connectivity index (χ1) is 12.8. The van der Waals surface area contributed by atoms with Crippen molar-refractivity contribution in [3.8, 4) is 11.4 Å². The quantitative estimate of drug-likeness (QED) is 0.436.